The van der Waals surface area contributed by atoms with Gasteiger partial charge in [0.1, 0.15) is 18.7 Å². The van der Waals surface area contributed by atoms with E-state index < -0.39 is 30.1 Å². The number of hydrogen-bond donors (Lipinski definition) is 2. The average molecular weight is 459 g/mol. The smallest absolute Gasteiger partial charge is 0.408 e. The highest BCUT2D eigenvalue weighted by molar-refractivity contribution is 7.98. The average Bonchev–Trinajstić information content (AvgIpc) is 2.81. The van der Waals surface area contributed by atoms with Gasteiger partial charge in [0.25, 0.3) is 0 Å². The molecule has 0 heterocycles. The van der Waals surface area contributed by atoms with Gasteiger partial charge in [0.2, 0.25) is 5.91 Å². The molecule has 0 aliphatic heterocycles. The summed E-state index contributed by atoms with van der Waals surface area (Å²) in [4.78, 5) is 37.7. The molecule has 0 aliphatic rings. The summed E-state index contributed by atoms with van der Waals surface area (Å²) in [7, 11) is 0. The second-order valence-electron chi connectivity index (χ2n) is 7.04. The Labute approximate surface area is 193 Å². The molecule has 2 N–H and O–H groups in total. The minimum absolute atomic E-state index is 0.100. The minimum Gasteiger partial charge on any atom is -0.464 e. The maximum atomic E-state index is 13.0. The molecule has 0 aromatic heterocycles. The number of amides is 2. The van der Waals surface area contributed by atoms with Crippen molar-refractivity contribution >= 4 is 29.7 Å². The van der Waals surface area contributed by atoms with E-state index in [-0.39, 0.29) is 13.2 Å². The molecule has 2 aromatic carbocycles. The molecule has 0 bridgehead atoms. The number of esters is 1. The Balaban J connectivity index is 2.02. The van der Waals surface area contributed by atoms with Gasteiger partial charge in [-0.25, -0.2) is 9.59 Å². The monoisotopic (exact) mass is 458 g/mol. The van der Waals surface area contributed by atoms with Crippen LogP contribution in [0, 0.1) is 0 Å². The molecule has 0 unspecified atom stereocenters. The Morgan fingerprint density at radius 2 is 1.50 bits per heavy atom. The third-order valence-corrected chi connectivity index (χ3v) is 5.25. The number of rotatable bonds is 12. The van der Waals surface area contributed by atoms with Gasteiger partial charge in [0.05, 0.1) is 6.61 Å². The lowest BCUT2D eigenvalue weighted by molar-refractivity contribution is -0.147. The molecule has 0 fully saturated rings. The zero-order valence-corrected chi connectivity index (χ0v) is 19.2. The van der Waals surface area contributed by atoms with Crippen molar-refractivity contribution in [3.8, 4) is 0 Å². The molecule has 0 radical (unpaired) electrons. The first-order valence-corrected chi connectivity index (χ1v) is 11.9. The Bertz CT molecular complexity index is 848. The van der Waals surface area contributed by atoms with Crippen LogP contribution in [0.4, 0.5) is 4.79 Å². The zero-order chi connectivity index (χ0) is 23.2. The van der Waals surface area contributed by atoms with Crippen LogP contribution in [0.5, 0.6) is 0 Å². The van der Waals surface area contributed by atoms with Gasteiger partial charge < -0.3 is 20.1 Å². The Hall–Kier alpha value is -3.00. The molecule has 2 rings (SSSR count). The SMILES string of the molecule is CCOC(=O)[C@H](Cc1ccccc1)NC(=O)[C@H](CCSC)NC(=O)OCc1ccccc1. The van der Waals surface area contributed by atoms with Crippen molar-refractivity contribution in [2.75, 3.05) is 18.6 Å². The summed E-state index contributed by atoms with van der Waals surface area (Å²) in [5, 5.41) is 5.37. The van der Waals surface area contributed by atoms with Gasteiger partial charge in [-0.3, -0.25) is 4.79 Å². The summed E-state index contributed by atoms with van der Waals surface area (Å²) in [6.45, 7) is 2.02. The van der Waals surface area contributed by atoms with Crippen molar-refractivity contribution < 1.29 is 23.9 Å². The highest BCUT2D eigenvalue weighted by Crippen LogP contribution is 2.08. The maximum Gasteiger partial charge on any atom is 0.408 e. The summed E-state index contributed by atoms with van der Waals surface area (Å²) in [5.41, 5.74) is 1.74. The van der Waals surface area contributed by atoms with Crippen molar-refractivity contribution in [3.05, 3.63) is 71.8 Å². The van der Waals surface area contributed by atoms with Crippen molar-refractivity contribution in [1.29, 1.82) is 0 Å². The predicted molar refractivity (Wildman–Crippen MR) is 125 cm³/mol. The Kier molecular flexibility index (Phi) is 11.2. The molecule has 0 saturated heterocycles. The largest absolute Gasteiger partial charge is 0.464 e. The Morgan fingerprint density at radius 3 is 2.09 bits per heavy atom. The third kappa shape index (κ3) is 9.01. The van der Waals surface area contributed by atoms with E-state index in [0.29, 0.717) is 18.6 Å². The van der Waals surface area contributed by atoms with E-state index in [0.717, 1.165) is 11.1 Å². The topological polar surface area (TPSA) is 93.7 Å². The molecule has 2 aromatic rings. The quantitative estimate of drug-likeness (QED) is 0.474. The lowest BCUT2D eigenvalue weighted by Crippen LogP contribution is -2.52. The first-order chi connectivity index (χ1) is 15.5. The van der Waals surface area contributed by atoms with Crippen molar-refractivity contribution in [2.24, 2.45) is 0 Å². The first kappa shape index (κ1) is 25.3. The molecule has 2 atom stereocenters. The second-order valence-corrected chi connectivity index (χ2v) is 8.03. The summed E-state index contributed by atoms with van der Waals surface area (Å²) in [6, 6.07) is 17.0. The Morgan fingerprint density at radius 1 is 0.875 bits per heavy atom. The molecule has 7 nitrogen and oxygen atoms in total. The van der Waals surface area contributed by atoms with E-state index in [9.17, 15) is 14.4 Å². The lowest BCUT2D eigenvalue weighted by Gasteiger charge is -2.22. The lowest BCUT2D eigenvalue weighted by atomic mass is 10.1. The fourth-order valence-corrected chi connectivity index (χ4v) is 3.44. The van der Waals surface area contributed by atoms with Gasteiger partial charge in [-0.2, -0.15) is 11.8 Å². The fourth-order valence-electron chi connectivity index (χ4n) is 2.97. The van der Waals surface area contributed by atoms with Crippen LogP contribution in [0.25, 0.3) is 0 Å². The first-order valence-electron chi connectivity index (χ1n) is 10.5. The van der Waals surface area contributed by atoms with Crippen molar-refractivity contribution in [3.63, 3.8) is 0 Å². The van der Waals surface area contributed by atoms with Gasteiger partial charge >= 0.3 is 12.1 Å². The van der Waals surface area contributed by atoms with Crippen LogP contribution < -0.4 is 10.6 Å². The third-order valence-electron chi connectivity index (χ3n) is 4.60. The van der Waals surface area contributed by atoms with Crippen LogP contribution in [-0.2, 0) is 32.1 Å². The molecule has 0 saturated carbocycles. The van der Waals surface area contributed by atoms with Crippen LogP contribution in [0.2, 0.25) is 0 Å². The normalized spacial score (nSPS) is 12.3. The van der Waals surface area contributed by atoms with Gasteiger partial charge in [-0.15, -0.1) is 0 Å². The number of alkyl carbamates (subject to hydrolysis) is 1. The highest BCUT2D eigenvalue weighted by atomic mass is 32.2. The van der Waals surface area contributed by atoms with Crippen LogP contribution in [0.3, 0.4) is 0 Å². The van der Waals surface area contributed by atoms with Crippen LogP contribution in [-0.4, -0.2) is 48.7 Å². The molecule has 2 amide bonds. The van der Waals surface area contributed by atoms with E-state index in [2.05, 4.69) is 10.6 Å². The summed E-state index contributed by atoms with van der Waals surface area (Å²) < 4.78 is 10.4. The molecule has 0 aliphatic carbocycles. The fraction of sp³-hybridized carbons (Fsp3) is 0.375. The molecule has 0 spiro atoms. The van der Waals surface area contributed by atoms with Gasteiger partial charge in [0, 0.05) is 6.42 Å². The standard InChI is InChI=1S/C24H30N2O5S/c1-3-30-23(28)21(16-18-10-6-4-7-11-18)25-22(27)20(14-15-32-2)26-24(29)31-17-19-12-8-5-9-13-19/h4-13,20-21H,3,14-17H2,1-2H3,(H,25,27)(H,26,29)/t20-,21-/m0/s1. The number of thioether (sulfide) groups is 1. The van der Waals surface area contributed by atoms with Gasteiger partial charge in [-0.05, 0) is 36.5 Å². The van der Waals surface area contributed by atoms with E-state index in [4.69, 9.17) is 9.47 Å². The van der Waals surface area contributed by atoms with Gasteiger partial charge in [-0.1, -0.05) is 60.7 Å². The van der Waals surface area contributed by atoms with Crippen molar-refractivity contribution in [2.45, 2.75) is 38.5 Å². The molecule has 32 heavy (non-hydrogen) atoms. The van der Waals surface area contributed by atoms with Crippen LogP contribution >= 0.6 is 11.8 Å². The van der Waals surface area contributed by atoms with E-state index in [1.54, 1.807) is 18.7 Å². The number of nitrogens with one attached hydrogen (secondary N) is 2. The summed E-state index contributed by atoms with van der Waals surface area (Å²) in [5.74, 6) is -0.315. The highest BCUT2D eigenvalue weighted by Gasteiger charge is 2.28. The molecular formula is C24H30N2O5S. The van der Waals surface area contributed by atoms with Crippen LogP contribution in [0.1, 0.15) is 24.5 Å². The van der Waals surface area contributed by atoms with E-state index in [1.807, 2.05) is 66.9 Å². The molecular weight excluding hydrogens is 428 g/mol. The summed E-state index contributed by atoms with van der Waals surface area (Å²) in [6.07, 6.45) is 1.92. The van der Waals surface area contributed by atoms with E-state index >= 15 is 0 Å². The van der Waals surface area contributed by atoms with Crippen LogP contribution in [0.15, 0.2) is 60.7 Å². The zero-order valence-electron chi connectivity index (χ0n) is 18.4. The predicted octanol–water partition coefficient (Wildman–Crippen LogP) is 3.33. The number of ether oxygens (including phenoxy) is 2. The number of carbonyl (C=O) groups is 3. The van der Waals surface area contributed by atoms with Crippen molar-refractivity contribution in [1.82, 2.24) is 10.6 Å². The second kappa shape index (κ2) is 14.1. The molecule has 8 heteroatoms. The number of hydrogen-bond acceptors (Lipinski definition) is 6. The number of carbonyl (C=O) groups excluding carboxylic acids is 3. The summed E-state index contributed by atoms with van der Waals surface area (Å²) >= 11 is 1.56. The number of benzene rings is 2. The maximum absolute atomic E-state index is 13.0. The molecule has 172 valence electrons. The van der Waals surface area contributed by atoms with E-state index in [1.165, 1.54) is 0 Å². The van der Waals surface area contributed by atoms with Gasteiger partial charge in [0.15, 0.2) is 0 Å². The minimum atomic E-state index is -0.858.